The summed E-state index contributed by atoms with van der Waals surface area (Å²) in [4.78, 5) is 41.1. The lowest BCUT2D eigenvalue weighted by Crippen LogP contribution is -2.67. The van der Waals surface area contributed by atoms with Gasteiger partial charge < -0.3 is 25.2 Å². The molecule has 0 bridgehead atoms. The molecule has 0 aliphatic heterocycles. The average molecular weight is 643 g/mol. The number of benzene rings is 2. The van der Waals surface area contributed by atoms with Crippen molar-refractivity contribution in [2.75, 3.05) is 7.11 Å². The number of ether oxygens (including phenoxy) is 1. The highest BCUT2D eigenvalue weighted by atomic mass is 16.5. The summed E-state index contributed by atoms with van der Waals surface area (Å²) in [6, 6.07) is 9.38. The molecule has 47 heavy (non-hydrogen) atoms. The van der Waals surface area contributed by atoms with Gasteiger partial charge in [-0.25, -0.2) is 0 Å². The smallest absolute Gasteiger partial charge is 0.209 e. The number of carbonyl (C=O) groups is 3. The van der Waals surface area contributed by atoms with E-state index in [1.54, 1.807) is 20.1 Å². The Morgan fingerprint density at radius 2 is 1.68 bits per heavy atom. The van der Waals surface area contributed by atoms with Crippen LogP contribution in [0.5, 0.6) is 11.5 Å². The van der Waals surface area contributed by atoms with Crippen molar-refractivity contribution in [1.29, 1.82) is 0 Å². The van der Waals surface area contributed by atoms with Gasteiger partial charge in [0.05, 0.1) is 12.7 Å². The summed E-state index contributed by atoms with van der Waals surface area (Å²) in [5.74, 6) is -4.00. The SMILES string of the molecule is COc1ccc(CC2CCCCC2)cc1-c1ccc(O)c2c1C[C@]1(C)C[C@]3(C)C(C(C)C)C(O)=C(C(C)=O)C(=O)[C@]3(O)C(O)=C1C2=O. The first kappa shape index (κ1) is 33.0. The minimum atomic E-state index is -2.64. The van der Waals surface area contributed by atoms with Gasteiger partial charge in [0.1, 0.15) is 28.6 Å². The number of ketones is 3. The van der Waals surface area contributed by atoms with E-state index in [1.165, 1.54) is 43.7 Å². The minimum Gasteiger partial charge on any atom is -0.511 e. The molecule has 6 rings (SSSR count). The Labute approximate surface area is 276 Å². The molecule has 4 aliphatic rings. The number of fused-ring (bicyclic) bond motifs is 3. The van der Waals surface area contributed by atoms with Crippen molar-refractivity contribution < 1.29 is 39.5 Å². The molecule has 0 saturated heterocycles. The topological polar surface area (TPSA) is 141 Å². The van der Waals surface area contributed by atoms with Crippen molar-refractivity contribution in [2.45, 2.75) is 91.6 Å². The van der Waals surface area contributed by atoms with Crippen LogP contribution in [0.3, 0.4) is 0 Å². The number of carbonyl (C=O) groups excluding carboxylic acids is 3. The summed E-state index contributed by atoms with van der Waals surface area (Å²) in [6.07, 6.45) is 7.33. The van der Waals surface area contributed by atoms with Gasteiger partial charge in [-0.1, -0.05) is 71.9 Å². The first-order chi connectivity index (χ1) is 22.1. The fraction of sp³-hybridized carbons (Fsp3) is 0.513. The van der Waals surface area contributed by atoms with E-state index < -0.39 is 56.8 Å². The number of methoxy groups -OCH3 is 1. The van der Waals surface area contributed by atoms with Crippen LogP contribution in [-0.4, -0.2) is 50.5 Å². The standard InChI is InChI=1S/C39H46O8/c1-20(2)31-33(42)29(21(3)40)35(44)39(46)36(45)32-34(43)30-26(18-37(32,4)19-38(31,39)5)24(13-14-27(30)41)25-17-23(12-15-28(25)47-6)16-22-10-8-7-9-11-22/h12-15,17,20,22,31,41-42,45-46H,7-11,16,18-19H2,1-6H3/t31?,37-,38-,39+/m1/s1. The van der Waals surface area contributed by atoms with Crippen molar-refractivity contribution >= 4 is 17.3 Å². The molecule has 1 fully saturated rings. The average Bonchev–Trinajstić information content (AvgIpc) is 2.99. The first-order valence-electron chi connectivity index (χ1n) is 16.8. The number of aromatic hydroxyl groups is 1. The Morgan fingerprint density at radius 1 is 1.00 bits per heavy atom. The third kappa shape index (κ3) is 4.69. The van der Waals surface area contributed by atoms with E-state index in [4.69, 9.17) is 4.74 Å². The number of aliphatic hydroxyl groups excluding tert-OH is 2. The zero-order valence-electron chi connectivity index (χ0n) is 28.2. The van der Waals surface area contributed by atoms with Crippen LogP contribution in [0.25, 0.3) is 11.1 Å². The van der Waals surface area contributed by atoms with Gasteiger partial charge in [-0.2, -0.15) is 0 Å². The Morgan fingerprint density at radius 3 is 2.30 bits per heavy atom. The van der Waals surface area contributed by atoms with Crippen LogP contribution in [-0.2, 0) is 22.4 Å². The number of phenolic OH excluding ortho intramolecular Hbond substituents is 1. The Bertz CT molecular complexity index is 1760. The lowest BCUT2D eigenvalue weighted by molar-refractivity contribution is -0.171. The monoisotopic (exact) mass is 642 g/mol. The highest BCUT2D eigenvalue weighted by molar-refractivity contribution is 6.25. The maximum absolute atomic E-state index is 14.5. The first-order valence-corrected chi connectivity index (χ1v) is 16.8. The number of Topliss-reactive ketones (excluding diaryl/α,β-unsaturated/α-hetero) is 3. The predicted molar refractivity (Wildman–Crippen MR) is 178 cm³/mol. The quantitative estimate of drug-likeness (QED) is 0.244. The van der Waals surface area contributed by atoms with Gasteiger partial charge in [-0.15, -0.1) is 0 Å². The van der Waals surface area contributed by atoms with Crippen LogP contribution in [0.4, 0.5) is 0 Å². The molecule has 250 valence electrons. The van der Waals surface area contributed by atoms with E-state index in [0.717, 1.165) is 24.5 Å². The molecule has 4 aliphatic carbocycles. The van der Waals surface area contributed by atoms with Gasteiger partial charge in [0.15, 0.2) is 17.2 Å². The van der Waals surface area contributed by atoms with Gasteiger partial charge in [-0.05, 0) is 72.9 Å². The van der Waals surface area contributed by atoms with Gasteiger partial charge in [-0.3, -0.25) is 14.4 Å². The number of phenols is 1. The molecule has 0 amide bonds. The van der Waals surface area contributed by atoms with Crippen LogP contribution in [0.15, 0.2) is 53.0 Å². The summed E-state index contributed by atoms with van der Waals surface area (Å²) in [7, 11) is 1.60. The predicted octanol–water partition coefficient (Wildman–Crippen LogP) is 7.14. The molecule has 4 N–H and O–H groups in total. The molecule has 0 aromatic heterocycles. The third-order valence-corrected chi connectivity index (χ3v) is 11.7. The van der Waals surface area contributed by atoms with Crippen molar-refractivity contribution in [2.24, 2.45) is 28.6 Å². The van der Waals surface area contributed by atoms with E-state index in [-0.39, 0.29) is 35.6 Å². The van der Waals surface area contributed by atoms with Gasteiger partial charge in [0.25, 0.3) is 0 Å². The summed E-state index contributed by atoms with van der Waals surface area (Å²) in [5.41, 5.74) is -2.66. The molecule has 8 heteroatoms. The van der Waals surface area contributed by atoms with Gasteiger partial charge in [0.2, 0.25) is 5.78 Å². The fourth-order valence-electron chi connectivity index (χ4n) is 9.80. The molecule has 1 unspecified atom stereocenters. The maximum Gasteiger partial charge on any atom is 0.209 e. The highest BCUT2D eigenvalue weighted by Gasteiger charge is 2.71. The summed E-state index contributed by atoms with van der Waals surface area (Å²) in [5, 5.41) is 46.8. The van der Waals surface area contributed by atoms with Gasteiger partial charge >= 0.3 is 0 Å². The fourth-order valence-corrected chi connectivity index (χ4v) is 9.80. The van der Waals surface area contributed by atoms with Crippen molar-refractivity contribution in [3.8, 4) is 22.6 Å². The van der Waals surface area contributed by atoms with Crippen LogP contribution in [0, 0.1) is 28.6 Å². The van der Waals surface area contributed by atoms with E-state index in [0.29, 0.717) is 17.2 Å². The Balaban J connectivity index is 1.54. The lowest BCUT2D eigenvalue weighted by Gasteiger charge is -2.59. The zero-order valence-corrected chi connectivity index (χ0v) is 28.2. The molecule has 2 aromatic carbocycles. The van der Waals surface area contributed by atoms with E-state index in [2.05, 4.69) is 12.1 Å². The number of aliphatic hydroxyl groups is 3. The van der Waals surface area contributed by atoms with Gasteiger partial charge in [0, 0.05) is 27.9 Å². The summed E-state index contributed by atoms with van der Waals surface area (Å²) in [6.45, 7) is 8.23. The molecule has 0 radical (unpaired) electrons. The Kier molecular flexibility index (Phi) is 7.98. The van der Waals surface area contributed by atoms with Crippen LogP contribution >= 0.6 is 0 Å². The van der Waals surface area contributed by atoms with Crippen molar-refractivity contribution in [3.63, 3.8) is 0 Å². The molecule has 0 heterocycles. The van der Waals surface area contributed by atoms with Crippen molar-refractivity contribution in [3.05, 3.63) is 69.7 Å². The van der Waals surface area contributed by atoms with E-state index in [1.807, 2.05) is 26.8 Å². The molecule has 0 spiro atoms. The molecular formula is C39H46O8. The molecule has 2 aromatic rings. The number of hydrogen-bond acceptors (Lipinski definition) is 8. The second-order valence-electron chi connectivity index (χ2n) is 15.2. The van der Waals surface area contributed by atoms with E-state index in [9.17, 15) is 34.8 Å². The van der Waals surface area contributed by atoms with Crippen molar-refractivity contribution in [1.82, 2.24) is 0 Å². The maximum atomic E-state index is 14.5. The normalized spacial score (nSPS) is 29.5. The molecule has 8 nitrogen and oxygen atoms in total. The largest absolute Gasteiger partial charge is 0.511 e. The van der Waals surface area contributed by atoms with Crippen LogP contribution < -0.4 is 4.74 Å². The number of hydrogen-bond donors (Lipinski definition) is 4. The number of rotatable bonds is 6. The lowest BCUT2D eigenvalue weighted by atomic mass is 9.44. The minimum absolute atomic E-state index is 0.00214. The second-order valence-corrected chi connectivity index (χ2v) is 15.2. The summed E-state index contributed by atoms with van der Waals surface area (Å²) < 4.78 is 5.81. The molecular weight excluding hydrogens is 596 g/mol. The Hall–Kier alpha value is -3.91. The van der Waals surface area contributed by atoms with E-state index >= 15 is 0 Å². The van der Waals surface area contributed by atoms with Crippen LogP contribution in [0.2, 0.25) is 0 Å². The number of allylic oxidation sites excluding steroid dienone is 2. The van der Waals surface area contributed by atoms with Crippen LogP contribution in [0.1, 0.15) is 94.6 Å². The molecule has 4 atom stereocenters. The second kappa shape index (κ2) is 11.4. The molecule has 1 saturated carbocycles. The summed E-state index contributed by atoms with van der Waals surface area (Å²) >= 11 is 0. The zero-order chi connectivity index (χ0) is 34.2. The third-order valence-electron chi connectivity index (χ3n) is 11.7. The highest BCUT2D eigenvalue weighted by Crippen LogP contribution is 2.65.